The van der Waals surface area contributed by atoms with Gasteiger partial charge in [-0.05, 0) is 150 Å². The number of hydrogen-bond acceptors (Lipinski definition) is 3. The van der Waals surface area contributed by atoms with Crippen molar-refractivity contribution in [3.05, 3.63) is 279 Å². The van der Waals surface area contributed by atoms with Gasteiger partial charge in [0.1, 0.15) is 0 Å². The molecule has 0 amide bonds. The van der Waals surface area contributed by atoms with E-state index in [1.54, 1.807) is 0 Å². The number of fused-ring (bicyclic) bond motifs is 3. The number of para-hydroxylation sites is 5. The van der Waals surface area contributed by atoms with Crippen LogP contribution in [0.4, 0.5) is 39.8 Å². The van der Waals surface area contributed by atoms with Crippen molar-refractivity contribution < 1.29 is 0 Å². The molecule has 0 unspecified atom stereocenters. The van der Waals surface area contributed by atoms with Crippen molar-refractivity contribution in [2.75, 3.05) is 15.1 Å². The number of nitrogens with zero attached hydrogens (tertiary/aromatic N) is 3. The Kier molecular flexibility index (Phi) is 11.4. The van der Waals surface area contributed by atoms with Crippen molar-refractivity contribution in [3.8, 4) is 39.1 Å². The number of anilines is 7. The Hall–Kier alpha value is -9.12. The fourth-order valence-corrected chi connectivity index (χ4v) is 9.98. The van der Waals surface area contributed by atoms with Gasteiger partial charge >= 0.3 is 0 Å². The lowest BCUT2D eigenvalue weighted by atomic mass is 9.98. The number of hydrogen-bond donors (Lipinski definition) is 1. The van der Waals surface area contributed by atoms with Crippen LogP contribution in [0.1, 0.15) is 12.8 Å². The van der Waals surface area contributed by atoms with Crippen LogP contribution < -0.4 is 15.1 Å². The molecule has 1 heterocycles. The fraction of sp³-hybridized carbons (Fsp3) is 0.0303. The van der Waals surface area contributed by atoms with Gasteiger partial charge in [0.15, 0.2) is 0 Å². The molecule has 334 valence electrons. The lowest BCUT2D eigenvalue weighted by molar-refractivity contribution is 1.02. The van der Waals surface area contributed by atoms with Gasteiger partial charge in [-0.15, -0.1) is 0 Å². The summed E-state index contributed by atoms with van der Waals surface area (Å²) >= 11 is 0. The highest BCUT2D eigenvalue weighted by molar-refractivity contribution is 6.10. The summed E-state index contributed by atoms with van der Waals surface area (Å²) in [5, 5.41) is 6.14. The number of nitrogens with one attached hydrogen (secondary N) is 1. The molecule has 0 radical (unpaired) electrons. The van der Waals surface area contributed by atoms with Crippen LogP contribution in [0.5, 0.6) is 0 Å². The number of rotatable bonds is 12. The molecule has 11 aromatic rings. The normalized spacial score (nSPS) is 12.2. The zero-order valence-corrected chi connectivity index (χ0v) is 38.7. The van der Waals surface area contributed by atoms with E-state index >= 15 is 0 Å². The highest BCUT2D eigenvalue weighted by atomic mass is 15.1. The SMILES string of the molecule is C1=CC(Nc2ccccc2-c2ccc(N(c3ccccc3)c3ccc(-c4cccc(-c5ccc(N(c6ccccc6)c6ccc7c8ccccc8n(-c8ccccc8)c7c6)cc5)c4)cc3)cc2)=CCC1. The lowest BCUT2D eigenvalue weighted by Crippen LogP contribution is -2.10. The van der Waals surface area contributed by atoms with Crippen LogP contribution in [0.15, 0.2) is 279 Å². The number of benzene rings is 10. The van der Waals surface area contributed by atoms with E-state index in [-0.39, 0.29) is 0 Å². The molecule has 0 bridgehead atoms. The van der Waals surface area contributed by atoms with E-state index in [1.165, 1.54) is 44.1 Å². The molecule has 0 fully saturated rings. The summed E-state index contributed by atoms with van der Waals surface area (Å²) in [4.78, 5) is 4.68. The van der Waals surface area contributed by atoms with Crippen molar-refractivity contribution in [1.82, 2.24) is 4.57 Å². The van der Waals surface area contributed by atoms with E-state index in [1.807, 2.05) is 0 Å². The smallest absolute Gasteiger partial charge is 0.0561 e. The van der Waals surface area contributed by atoms with Crippen molar-refractivity contribution in [2.24, 2.45) is 0 Å². The van der Waals surface area contributed by atoms with Crippen LogP contribution in [0.25, 0.3) is 60.9 Å². The predicted octanol–water partition coefficient (Wildman–Crippen LogP) is 18.4. The minimum atomic E-state index is 1.06. The van der Waals surface area contributed by atoms with Gasteiger partial charge in [-0.25, -0.2) is 0 Å². The first-order chi connectivity index (χ1) is 34.7. The first-order valence-electron chi connectivity index (χ1n) is 24.1. The van der Waals surface area contributed by atoms with Crippen LogP contribution in [0.3, 0.4) is 0 Å². The van der Waals surface area contributed by atoms with Crippen LogP contribution in [-0.4, -0.2) is 4.57 Å². The number of allylic oxidation sites excluding steroid dienone is 3. The highest BCUT2D eigenvalue weighted by Crippen LogP contribution is 2.42. The van der Waals surface area contributed by atoms with Crippen LogP contribution in [0.2, 0.25) is 0 Å². The van der Waals surface area contributed by atoms with Crippen LogP contribution in [-0.2, 0) is 0 Å². The quantitative estimate of drug-likeness (QED) is 0.132. The maximum Gasteiger partial charge on any atom is 0.0561 e. The van der Waals surface area contributed by atoms with E-state index < -0.39 is 0 Å². The summed E-state index contributed by atoms with van der Waals surface area (Å²) in [5.41, 5.74) is 19.4. The Balaban J connectivity index is 0.830. The largest absolute Gasteiger partial charge is 0.355 e. The van der Waals surface area contributed by atoms with Crippen molar-refractivity contribution in [2.45, 2.75) is 12.8 Å². The van der Waals surface area contributed by atoms with E-state index in [4.69, 9.17) is 0 Å². The predicted molar refractivity (Wildman–Crippen MR) is 297 cm³/mol. The van der Waals surface area contributed by atoms with E-state index in [2.05, 4.69) is 293 Å². The minimum absolute atomic E-state index is 1.06. The van der Waals surface area contributed by atoms with Gasteiger partial charge < -0.3 is 19.7 Å². The molecule has 1 aliphatic carbocycles. The standard InChI is InChI=1S/C66H50N4/c1-5-20-53(21-6-1)67-64-30-15-13-28-61(64)50-36-42-58(43-37-50)68(54-22-7-2-8-23-54)57-38-32-48(33-39-57)51-18-17-19-52(46-51)49-34-40-59(41-35-49)69(55-24-9-3-10-25-55)60-44-45-63-62-29-14-16-31-65(62)70(66(63)47-60)56-26-11-4-12-27-56/h2-5,7-47,67H,1,6H2. The summed E-state index contributed by atoms with van der Waals surface area (Å²) in [5.74, 6) is 0. The molecule has 0 saturated heterocycles. The average Bonchev–Trinajstić information content (AvgIpc) is 3.77. The Bertz CT molecular complexity index is 3650. The third kappa shape index (κ3) is 8.33. The molecule has 12 rings (SSSR count). The Labute approximate surface area is 410 Å². The van der Waals surface area contributed by atoms with Crippen LogP contribution >= 0.6 is 0 Å². The maximum atomic E-state index is 3.66. The zero-order valence-electron chi connectivity index (χ0n) is 38.7. The Morgan fingerprint density at radius 3 is 1.46 bits per heavy atom. The van der Waals surface area contributed by atoms with Crippen molar-refractivity contribution in [3.63, 3.8) is 0 Å². The molecule has 0 atom stereocenters. The summed E-state index contributed by atoms with van der Waals surface area (Å²) in [6.07, 6.45) is 8.84. The number of aromatic nitrogens is 1. The van der Waals surface area contributed by atoms with Crippen LogP contribution in [0, 0.1) is 0 Å². The van der Waals surface area contributed by atoms with Gasteiger partial charge in [0.2, 0.25) is 0 Å². The summed E-state index contributed by atoms with van der Waals surface area (Å²) in [6, 6.07) is 91.8. The fourth-order valence-electron chi connectivity index (χ4n) is 9.98. The van der Waals surface area contributed by atoms with E-state index in [0.717, 1.165) is 75.2 Å². The Morgan fingerprint density at radius 1 is 0.343 bits per heavy atom. The van der Waals surface area contributed by atoms with Gasteiger partial charge in [0, 0.05) is 67.5 Å². The second kappa shape index (κ2) is 18.9. The van der Waals surface area contributed by atoms with Gasteiger partial charge in [0.25, 0.3) is 0 Å². The molecule has 0 saturated carbocycles. The van der Waals surface area contributed by atoms with Gasteiger partial charge in [-0.2, -0.15) is 0 Å². The first kappa shape index (κ1) is 42.2. The zero-order chi connectivity index (χ0) is 46.6. The van der Waals surface area contributed by atoms with E-state index in [9.17, 15) is 0 Å². The topological polar surface area (TPSA) is 23.4 Å². The minimum Gasteiger partial charge on any atom is -0.355 e. The third-order valence-electron chi connectivity index (χ3n) is 13.4. The molecular formula is C66H50N4. The molecule has 4 heteroatoms. The van der Waals surface area contributed by atoms with Gasteiger partial charge in [-0.3, -0.25) is 0 Å². The molecule has 0 aliphatic heterocycles. The van der Waals surface area contributed by atoms with Crippen molar-refractivity contribution in [1.29, 1.82) is 0 Å². The maximum absolute atomic E-state index is 3.66. The Morgan fingerprint density at radius 2 is 0.843 bits per heavy atom. The molecule has 10 aromatic carbocycles. The summed E-state index contributed by atoms with van der Waals surface area (Å²) in [6.45, 7) is 0. The van der Waals surface area contributed by atoms with Gasteiger partial charge in [0.05, 0.1) is 11.0 Å². The molecular weight excluding hydrogens is 849 g/mol. The highest BCUT2D eigenvalue weighted by Gasteiger charge is 2.19. The summed E-state index contributed by atoms with van der Waals surface area (Å²) < 4.78 is 2.38. The second-order valence-corrected chi connectivity index (χ2v) is 17.8. The van der Waals surface area contributed by atoms with Gasteiger partial charge in [-0.1, -0.05) is 164 Å². The van der Waals surface area contributed by atoms with E-state index in [0.29, 0.717) is 0 Å². The lowest BCUT2D eigenvalue weighted by Gasteiger charge is -2.26. The summed E-state index contributed by atoms with van der Waals surface area (Å²) in [7, 11) is 0. The average molecular weight is 899 g/mol. The molecule has 1 N–H and O–H groups in total. The molecule has 1 aliphatic rings. The van der Waals surface area contributed by atoms with Crippen molar-refractivity contribution >= 4 is 61.6 Å². The first-order valence-corrected chi connectivity index (χ1v) is 24.1. The molecule has 1 aromatic heterocycles. The molecule has 4 nitrogen and oxygen atoms in total. The molecule has 0 spiro atoms. The third-order valence-corrected chi connectivity index (χ3v) is 13.4. The molecule has 70 heavy (non-hydrogen) atoms. The monoisotopic (exact) mass is 898 g/mol. The second-order valence-electron chi connectivity index (χ2n) is 17.8.